The van der Waals surface area contributed by atoms with E-state index in [9.17, 15) is 0 Å². The Morgan fingerprint density at radius 1 is 1.13 bits per heavy atom. The number of hydrogen-bond donors (Lipinski definition) is 1. The molecule has 0 aliphatic carbocycles. The summed E-state index contributed by atoms with van der Waals surface area (Å²) in [5, 5.41) is 3.53. The van der Waals surface area contributed by atoms with Crippen LogP contribution in [0.25, 0.3) is 0 Å². The number of fused-ring (bicyclic) bond motifs is 1. The second-order valence-electron chi connectivity index (χ2n) is 6.12. The molecular formula is C20H25NO2. The Balaban J connectivity index is 2.04. The van der Waals surface area contributed by atoms with Crippen LogP contribution in [0, 0.1) is 6.92 Å². The third-order valence-corrected chi connectivity index (χ3v) is 4.93. The van der Waals surface area contributed by atoms with Gasteiger partial charge in [-0.15, -0.1) is 0 Å². The molecule has 0 radical (unpaired) electrons. The topological polar surface area (TPSA) is 30.5 Å². The number of para-hydroxylation sites is 1. The van der Waals surface area contributed by atoms with Crippen LogP contribution >= 0.6 is 0 Å². The predicted molar refractivity (Wildman–Crippen MR) is 93.9 cm³/mol. The van der Waals surface area contributed by atoms with Crippen molar-refractivity contribution in [3.8, 4) is 5.75 Å². The Morgan fingerprint density at radius 3 is 2.57 bits per heavy atom. The Morgan fingerprint density at radius 2 is 1.87 bits per heavy atom. The first kappa shape index (κ1) is 15.9. The highest BCUT2D eigenvalue weighted by Crippen LogP contribution is 2.46. The van der Waals surface area contributed by atoms with Gasteiger partial charge < -0.3 is 14.8 Å². The van der Waals surface area contributed by atoms with Crippen LogP contribution in [0.5, 0.6) is 5.75 Å². The molecule has 1 heterocycles. The van der Waals surface area contributed by atoms with Crippen LogP contribution in [-0.2, 0) is 10.3 Å². The van der Waals surface area contributed by atoms with E-state index in [1.54, 1.807) is 7.11 Å². The minimum Gasteiger partial charge on any atom is -0.496 e. The molecule has 3 rings (SSSR count). The zero-order valence-electron chi connectivity index (χ0n) is 14.3. The summed E-state index contributed by atoms with van der Waals surface area (Å²) in [4.78, 5) is 0. The maximum Gasteiger partial charge on any atom is 0.155 e. The maximum absolute atomic E-state index is 6.56. The zero-order chi connectivity index (χ0) is 16.4. The van der Waals surface area contributed by atoms with Gasteiger partial charge in [0.05, 0.1) is 12.7 Å². The monoisotopic (exact) mass is 311 g/mol. The number of methoxy groups -OCH3 is 1. The van der Waals surface area contributed by atoms with Crippen LogP contribution in [0.3, 0.4) is 0 Å². The summed E-state index contributed by atoms with van der Waals surface area (Å²) < 4.78 is 12.0. The molecule has 1 atom stereocenters. The molecule has 0 bridgehead atoms. The third-order valence-electron chi connectivity index (χ3n) is 4.93. The second kappa shape index (κ2) is 6.25. The molecule has 1 N–H and O–H groups in total. The van der Waals surface area contributed by atoms with Gasteiger partial charge >= 0.3 is 0 Å². The zero-order valence-corrected chi connectivity index (χ0v) is 14.3. The van der Waals surface area contributed by atoms with Crippen molar-refractivity contribution in [2.45, 2.75) is 45.4 Å². The van der Waals surface area contributed by atoms with Crippen LogP contribution < -0.4 is 10.1 Å². The van der Waals surface area contributed by atoms with Gasteiger partial charge in [-0.25, -0.2) is 0 Å². The summed E-state index contributed by atoms with van der Waals surface area (Å²) in [5.41, 5.74) is 4.38. The van der Waals surface area contributed by atoms with E-state index < -0.39 is 0 Å². The molecule has 3 heteroatoms. The Labute approximate surface area is 138 Å². The fourth-order valence-corrected chi connectivity index (χ4v) is 3.41. The standard InChI is InChI=1S/C20H25NO2/c1-5-20(6-2)16-9-7-8-10-17(16)21-19(23-20)15-12-11-14(3)18(13-15)22-4/h7-13,19,21H,5-6H2,1-4H3/t19-/m0/s1. The first-order chi connectivity index (χ1) is 11.1. The SMILES string of the molecule is CCC1(CC)O[C@@H](c2ccc(C)c(OC)c2)Nc2ccccc21. The molecule has 23 heavy (non-hydrogen) atoms. The minimum atomic E-state index is -0.245. The van der Waals surface area contributed by atoms with Crippen molar-refractivity contribution in [3.63, 3.8) is 0 Å². The molecule has 0 saturated carbocycles. The highest BCUT2D eigenvalue weighted by atomic mass is 16.5. The molecule has 2 aromatic carbocycles. The number of benzene rings is 2. The summed E-state index contributed by atoms with van der Waals surface area (Å²) in [5.74, 6) is 0.894. The lowest BCUT2D eigenvalue weighted by molar-refractivity contribution is -0.103. The molecule has 1 aliphatic rings. The highest BCUT2D eigenvalue weighted by molar-refractivity contribution is 5.57. The van der Waals surface area contributed by atoms with Crippen LogP contribution in [0.15, 0.2) is 42.5 Å². The average molecular weight is 311 g/mol. The lowest BCUT2D eigenvalue weighted by atomic mass is 9.85. The number of nitrogens with one attached hydrogen (secondary N) is 1. The number of rotatable bonds is 4. The van der Waals surface area contributed by atoms with E-state index in [4.69, 9.17) is 9.47 Å². The Bertz CT molecular complexity index is 692. The van der Waals surface area contributed by atoms with E-state index in [0.29, 0.717) is 0 Å². The Kier molecular flexibility index (Phi) is 4.31. The van der Waals surface area contributed by atoms with Crippen molar-refractivity contribution in [3.05, 3.63) is 59.2 Å². The van der Waals surface area contributed by atoms with E-state index in [-0.39, 0.29) is 11.8 Å². The molecule has 0 saturated heterocycles. The van der Waals surface area contributed by atoms with Gasteiger partial charge in [0, 0.05) is 16.8 Å². The van der Waals surface area contributed by atoms with Crippen molar-refractivity contribution >= 4 is 5.69 Å². The van der Waals surface area contributed by atoms with Gasteiger partial charge in [0.1, 0.15) is 5.75 Å². The number of hydrogen-bond acceptors (Lipinski definition) is 3. The van der Waals surface area contributed by atoms with Crippen LogP contribution in [-0.4, -0.2) is 7.11 Å². The van der Waals surface area contributed by atoms with Gasteiger partial charge in [-0.3, -0.25) is 0 Å². The smallest absolute Gasteiger partial charge is 0.155 e. The van der Waals surface area contributed by atoms with E-state index in [1.807, 2.05) is 0 Å². The van der Waals surface area contributed by atoms with E-state index in [2.05, 4.69) is 68.6 Å². The van der Waals surface area contributed by atoms with E-state index >= 15 is 0 Å². The van der Waals surface area contributed by atoms with Gasteiger partial charge in [0.2, 0.25) is 0 Å². The lowest BCUT2D eigenvalue weighted by Gasteiger charge is -2.43. The van der Waals surface area contributed by atoms with Gasteiger partial charge in [-0.2, -0.15) is 0 Å². The largest absolute Gasteiger partial charge is 0.496 e. The first-order valence-corrected chi connectivity index (χ1v) is 8.32. The number of ether oxygens (including phenoxy) is 2. The van der Waals surface area contributed by atoms with Gasteiger partial charge in [0.15, 0.2) is 6.23 Å². The molecule has 0 spiro atoms. The molecular weight excluding hydrogens is 286 g/mol. The summed E-state index contributed by atoms with van der Waals surface area (Å²) >= 11 is 0. The minimum absolute atomic E-state index is 0.167. The third kappa shape index (κ3) is 2.70. The van der Waals surface area contributed by atoms with Crippen molar-refractivity contribution in [1.82, 2.24) is 0 Å². The Hall–Kier alpha value is -2.00. The van der Waals surface area contributed by atoms with Gasteiger partial charge in [-0.1, -0.05) is 44.2 Å². The molecule has 1 aliphatic heterocycles. The fourth-order valence-electron chi connectivity index (χ4n) is 3.41. The number of anilines is 1. The molecule has 2 aromatic rings. The van der Waals surface area contributed by atoms with Gasteiger partial charge in [0.25, 0.3) is 0 Å². The van der Waals surface area contributed by atoms with Crippen molar-refractivity contribution in [1.29, 1.82) is 0 Å². The first-order valence-electron chi connectivity index (χ1n) is 8.32. The van der Waals surface area contributed by atoms with Crippen molar-refractivity contribution in [2.24, 2.45) is 0 Å². The van der Waals surface area contributed by atoms with E-state index in [1.165, 1.54) is 5.56 Å². The second-order valence-corrected chi connectivity index (χ2v) is 6.12. The molecule has 3 nitrogen and oxygen atoms in total. The average Bonchev–Trinajstić information content (AvgIpc) is 2.61. The van der Waals surface area contributed by atoms with Gasteiger partial charge in [-0.05, 0) is 37.5 Å². The predicted octanol–water partition coefficient (Wildman–Crippen LogP) is 5.16. The summed E-state index contributed by atoms with van der Waals surface area (Å²) in [6.45, 7) is 6.44. The van der Waals surface area contributed by atoms with Crippen molar-refractivity contribution in [2.75, 3.05) is 12.4 Å². The number of aryl methyl sites for hydroxylation is 1. The van der Waals surface area contributed by atoms with E-state index in [0.717, 1.165) is 35.4 Å². The van der Waals surface area contributed by atoms with Crippen LogP contribution in [0.4, 0.5) is 5.69 Å². The van der Waals surface area contributed by atoms with Crippen molar-refractivity contribution < 1.29 is 9.47 Å². The normalized spacial score (nSPS) is 18.9. The summed E-state index contributed by atoms with van der Waals surface area (Å²) in [6.07, 6.45) is 1.72. The lowest BCUT2D eigenvalue weighted by Crippen LogP contribution is -2.37. The summed E-state index contributed by atoms with van der Waals surface area (Å²) in [6, 6.07) is 14.7. The highest BCUT2D eigenvalue weighted by Gasteiger charge is 2.39. The molecule has 0 aromatic heterocycles. The summed E-state index contributed by atoms with van der Waals surface area (Å²) in [7, 11) is 1.71. The molecule has 0 fully saturated rings. The molecule has 122 valence electrons. The quantitative estimate of drug-likeness (QED) is 0.846. The fraction of sp³-hybridized carbons (Fsp3) is 0.400. The van der Waals surface area contributed by atoms with Crippen LogP contribution in [0.2, 0.25) is 0 Å². The molecule has 0 unspecified atom stereocenters. The molecule has 0 amide bonds. The van der Waals surface area contributed by atoms with Crippen LogP contribution in [0.1, 0.15) is 49.6 Å². The maximum atomic E-state index is 6.56.